The van der Waals surface area contributed by atoms with Crippen molar-refractivity contribution in [3.8, 4) is 0 Å². The number of thioether (sulfide) groups is 1. The second-order valence-corrected chi connectivity index (χ2v) is 6.95. The van der Waals surface area contributed by atoms with Crippen LogP contribution in [-0.4, -0.2) is 35.6 Å². The van der Waals surface area contributed by atoms with Gasteiger partial charge in [-0.2, -0.15) is 0 Å². The number of rotatable bonds is 6. The minimum absolute atomic E-state index is 0.00523. The normalized spacial score (nSPS) is 20.5. The maximum absolute atomic E-state index is 11.8. The molecule has 2 heterocycles. The van der Waals surface area contributed by atoms with Gasteiger partial charge in [-0.15, -0.1) is 11.8 Å². The minimum Gasteiger partial charge on any atom is -0.485 e. The van der Waals surface area contributed by atoms with Gasteiger partial charge in [0.15, 0.2) is 5.76 Å². The smallest absolute Gasteiger partial charge is 0.210 e. The number of allylic oxidation sites excluding steroid dienone is 1. The maximum Gasteiger partial charge on any atom is 0.210 e. The van der Waals surface area contributed by atoms with Crippen molar-refractivity contribution in [3.63, 3.8) is 0 Å². The first-order valence-corrected chi connectivity index (χ1v) is 8.84. The fraction of sp³-hybridized carbons (Fsp3) is 0.316. The van der Waals surface area contributed by atoms with Crippen molar-refractivity contribution in [2.75, 3.05) is 19.7 Å². The lowest BCUT2D eigenvalue weighted by Crippen LogP contribution is -2.23. The highest BCUT2D eigenvalue weighted by molar-refractivity contribution is 8.03. The molecule has 0 aromatic heterocycles. The Balaban J connectivity index is 1.42. The number of ketones is 1. The molecule has 4 heteroatoms. The summed E-state index contributed by atoms with van der Waals surface area (Å²) >= 11 is 1.52. The lowest BCUT2D eigenvalue weighted by molar-refractivity contribution is -0.117. The van der Waals surface area contributed by atoms with Gasteiger partial charge in [-0.1, -0.05) is 36.4 Å². The molecule has 0 spiro atoms. The summed E-state index contributed by atoms with van der Waals surface area (Å²) in [5.74, 6) is 0.600. The van der Waals surface area contributed by atoms with Crippen molar-refractivity contribution < 1.29 is 9.53 Å². The second kappa shape index (κ2) is 7.55. The predicted octanol–water partition coefficient (Wildman–Crippen LogP) is 3.55. The molecule has 0 aliphatic carbocycles. The van der Waals surface area contributed by atoms with E-state index in [4.69, 9.17) is 4.74 Å². The van der Waals surface area contributed by atoms with Crippen molar-refractivity contribution in [1.29, 1.82) is 0 Å². The van der Waals surface area contributed by atoms with Crippen LogP contribution in [0.2, 0.25) is 0 Å². The van der Waals surface area contributed by atoms with E-state index < -0.39 is 0 Å². The molecule has 120 valence electrons. The number of nitrogens with zero attached hydrogens (tertiary/aromatic N) is 1. The van der Waals surface area contributed by atoms with Gasteiger partial charge in [-0.3, -0.25) is 4.79 Å². The highest BCUT2D eigenvalue weighted by Gasteiger charge is 2.25. The number of hydrogen-bond acceptors (Lipinski definition) is 4. The zero-order valence-electron chi connectivity index (χ0n) is 13.3. The van der Waals surface area contributed by atoms with Gasteiger partial charge in [0.25, 0.3) is 0 Å². The van der Waals surface area contributed by atoms with E-state index in [0.29, 0.717) is 12.4 Å². The summed E-state index contributed by atoms with van der Waals surface area (Å²) in [6.45, 7) is 4.27. The highest BCUT2D eigenvalue weighted by atomic mass is 32.2. The molecule has 0 amide bonds. The highest BCUT2D eigenvalue weighted by Crippen LogP contribution is 2.27. The van der Waals surface area contributed by atoms with Gasteiger partial charge < -0.3 is 9.64 Å². The van der Waals surface area contributed by atoms with Crippen LogP contribution in [0.1, 0.15) is 12.5 Å². The van der Waals surface area contributed by atoms with E-state index in [9.17, 15) is 4.79 Å². The molecule has 0 bridgehead atoms. The van der Waals surface area contributed by atoms with Gasteiger partial charge in [0.05, 0.1) is 5.25 Å². The average molecular weight is 327 g/mol. The largest absolute Gasteiger partial charge is 0.485 e. The van der Waals surface area contributed by atoms with E-state index in [0.717, 1.165) is 25.1 Å². The Morgan fingerprint density at radius 2 is 2.13 bits per heavy atom. The summed E-state index contributed by atoms with van der Waals surface area (Å²) in [6, 6.07) is 10.5. The SMILES string of the molecule is CC1SC=C(OCC2=CCN(CCc3ccccc3)C=C2)C1=O. The van der Waals surface area contributed by atoms with Gasteiger partial charge in [-0.25, -0.2) is 0 Å². The number of ether oxygens (including phenoxy) is 1. The number of Topliss-reactive ketones (excluding diaryl/α,β-unsaturated/α-hetero) is 1. The standard InChI is InChI=1S/C19H21NO2S/c1-15-19(21)18(14-23-15)22-13-17-8-11-20(12-9-17)10-7-16-5-3-2-4-6-16/h2-6,8-9,11,14-15H,7,10,12-13H2,1H3. The molecule has 0 radical (unpaired) electrons. The number of hydrogen-bond donors (Lipinski definition) is 0. The summed E-state index contributed by atoms with van der Waals surface area (Å²) < 4.78 is 5.64. The monoisotopic (exact) mass is 327 g/mol. The Labute approximate surface area is 141 Å². The molecule has 2 aliphatic rings. The summed E-state index contributed by atoms with van der Waals surface area (Å²) in [5.41, 5.74) is 2.48. The number of carbonyl (C=O) groups excluding carboxylic acids is 1. The molecule has 0 N–H and O–H groups in total. The van der Waals surface area contributed by atoms with Gasteiger partial charge in [0.1, 0.15) is 6.61 Å². The molecule has 3 rings (SSSR count). The zero-order chi connectivity index (χ0) is 16.1. The van der Waals surface area contributed by atoms with Crippen LogP contribution < -0.4 is 0 Å². The van der Waals surface area contributed by atoms with E-state index in [-0.39, 0.29) is 11.0 Å². The summed E-state index contributed by atoms with van der Waals surface area (Å²) in [5, 5.41) is 1.82. The van der Waals surface area contributed by atoms with E-state index in [1.165, 1.54) is 17.3 Å². The van der Waals surface area contributed by atoms with Gasteiger partial charge >= 0.3 is 0 Å². The van der Waals surface area contributed by atoms with Crippen LogP contribution in [0, 0.1) is 0 Å². The molecule has 0 saturated heterocycles. The van der Waals surface area contributed by atoms with Crippen LogP contribution in [0.5, 0.6) is 0 Å². The lowest BCUT2D eigenvalue weighted by Gasteiger charge is -2.22. The third kappa shape index (κ3) is 4.29. The molecule has 1 atom stereocenters. The van der Waals surface area contributed by atoms with E-state index in [2.05, 4.69) is 47.5 Å². The maximum atomic E-state index is 11.8. The fourth-order valence-corrected chi connectivity index (χ4v) is 3.26. The quantitative estimate of drug-likeness (QED) is 0.799. The predicted molar refractivity (Wildman–Crippen MR) is 95.0 cm³/mol. The van der Waals surface area contributed by atoms with Crippen molar-refractivity contribution >= 4 is 17.5 Å². The molecule has 0 fully saturated rings. The Kier molecular flexibility index (Phi) is 5.23. The van der Waals surface area contributed by atoms with Crippen LogP contribution in [0.4, 0.5) is 0 Å². The lowest BCUT2D eigenvalue weighted by atomic mass is 10.1. The van der Waals surface area contributed by atoms with E-state index in [1.54, 1.807) is 0 Å². The topological polar surface area (TPSA) is 29.5 Å². The van der Waals surface area contributed by atoms with Crippen LogP contribution >= 0.6 is 11.8 Å². The Morgan fingerprint density at radius 3 is 2.78 bits per heavy atom. The average Bonchev–Trinajstić information content (AvgIpc) is 2.92. The van der Waals surface area contributed by atoms with Gasteiger partial charge in [-0.05, 0) is 36.8 Å². The minimum atomic E-state index is -0.00523. The Bertz CT molecular complexity index is 649. The fourth-order valence-electron chi connectivity index (χ4n) is 2.51. The van der Waals surface area contributed by atoms with Crippen molar-refractivity contribution in [2.24, 2.45) is 0 Å². The summed E-state index contributed by atoms with van der Waals surface area (Å²) in [7, 11) is 0. The third-order valence-corrected chi connectivity index (χ3v) is 4.98. The summed E-state index contributed by atoms with van der Waals surface area (Å²) in [6.07, 6.45) is 7.40. The second-order valence-electron chi connectivity index (χ2n) is 5.74. The molecule has 23 heavy (non-hydrogen) atoms. The zero-order valence-corrected chi connectivity index (χ0v) is 14.1. The van der Waals surface area contributed by atoms with Crippen LogP contribution in [0.15, 0.2) is 65.4 Å². The van der Waals surface area contributed by atoms with Crippen LogP contribution in [0.3, 0.4) is 0 Å². The molecule has 1 aromatic carbocycles. The van der Waals surface area contributed by atoms with Crippen LogP contribution in [-0.2, 0) is 16.0 Å². The van der Waals surface area contributed by atoms with Crippen molar-refractivity contribution in [3.05, 3.63) is 71.0 Å². The van der Waals surface area contributed by atoms with E-state index in [1.807, 2.05) is 18.4 Å². The number of carbonyl (C=O) groups is 1. The molecule has 1 aromatic rings. The van der Waals surface area contributed by atoms with Crippen molar-refractivity contribution in [1.82, 2.24) is 4.90 Å². The Morgan fingerprint density at radius 1 is 1.30 bits per heavy atom. The first kappa shape index (κ1) is 15.9. The Hall–Kier alpha value is -1.94. The molecular weight excluding hydrogens is 306 g/mol. The third-order valence-electron chi connectivity index (χ3n) is 4.00. The molecule has 1 unspecified atom stereocenters. The molecular formula is C19H21NO2S. The van der Waals surface area contributed by atoms with Crippen LogP contribution in [0.25, 0.3) is 0 Å². The van der Waals surface area contributed by atoms with E-state index >= 15 is 0 Å². The molecule has 0 saturated carbocycles. The van der Waals surface area contributed by atoms with Crippen molar-refractivity contribution in [2.45, 2.75) is 18.6 Å². The first-order valence-electron chi connectivity index (χ1n) is 7.90. The molecule has 2 aliphatic heterocycles. The number of benzene rings is 1. The summed E-state index contributed by atoms with van der Waals surface area (Å²) in [4.78, 5) is 14.1. The van der Waals surface area contributed by atoms with Gasteiger partial charge in [0, 0.05) is 18.5 Å². The first-order chi connectivity index (χ1) is 11.2. The van der Waals surface area contributed by atoms with Gasteiger partial charge in [0.2, 0.25) is 5.78 Å². The molecule has 3 nitrogen and oxygen atoms in total.